The predicted molar refractivity (Wildman–Crippen MR) is 85.2 cm³/mol. The van der Waals surface area contributed by atoms with Crippen LogP contribution >= 0.6 is 0 Å². The zero-order valence-electron chi connectivity index (χ0n) is 13.2. The second-order valence-corrected chi connectivity index (χ2v) is 9.54. The Morgan fingerprint density at radius 3 is 2.05 bits per heavy atom. The molecule has 0 aliphatic rings. The van der Waals surface area contributed by atoms with Crippen molar-refractivity contribution in [2.45, 2.75) is 45.5 Å². The summed E-state index contributed by atoms with van der Waals surface area (Å²) in [7, 11) is -2.08. The molecule has 0 saturated heterocycles. The smallest absolute Gasteiger partial charge is 0.452 e. The maximum absolute atomic E-state index is 11.7. The van der Waals surface area contributed by atoms with Gasteiger partial charge in [-0.3, -0.25) is 0 Å². The number of amides is 2. The Morgan fingerprint density at radius 2 is 1.50 bits per heavy atom. The number of hydrogen-bond acceptors (Lipinski definition) is 4. The van der Waals surface area contributed by atoms with Gasteiger partial charge in [0, 0.05) is 0 Å². The summed E-state index contributed by atoms with van der Waals surface area (Å²) in [5.41, 5.74) is 0.836. The standard InChI is InChI=1S/C15H22N2O4Si/c1-4-22(5-2,6-3)21-15(19)17-16-14(18)20-12-13-10-8-7-9-11-13/h7-11H,4-6,12H2,1-3H3. The van der Waals surface area contributed by atoms with E-state index in [0.29, 0.717) is 0 Å². The maximum atomic E-state index is 11.7. The van der Waals surface area contributed by atoms with Crippen molar-refractivity contribution in [3.63, 3.8) is 0 Å². The lowest BCUT2D eigenvalue weighted by Gasteiger charge is -2.25. The molecule has 2 amide bonds. The maximum Gasteiger partial charge on any atom is 0.452 e. The minimum absolute atomic E-state index is 0.0886. The molecule has 0 unspecified atom stereocenters. The van der Waals surface area contributed by atoms with Crippen molar-refractivity contribution in [2.24, 2.45) is 10.2 Å². The van der Waals surface area contributed by atoms with Gasteiger partial charge in [0.1, 0.15) is 6.61 Å². The fourth-order valence-electron chi connectivity index (χ4n) is 2.00. The Hall–Kier alpha value is -2.02. The molecule has 6 nitrogen and oxygen atoms in total. The molecule has 0 radical (unpaired) electrons. The molecular weight excluding hydrogens is 300 g/mol. The van der Waals surface area contributed by atoms with Gasteiger partial charge in [-0.25, -0.2) is 9.59 Å². The number of rotatable bonds is 6. The first-order valence-electron chi connectivity index (χ1n) is 7.40. The highest BCUT2D eigenvalue weighted by atomic mass is 28.4. The Balaban J connectivity index is 2.46. The number of azo groups is 1. The number of carbonyl (C=O) groups is 2. The summed E-state index contributed by atoms with van der Waals surface area (Å²) >= 11 is 0. The van der Waals surface area contributed by atoms with Crippen LogP contribution in [0.1, 0.15) is 26.3 Å². The first-order valence-corrected chi connectivity index (χ1v) is 9.93. The number of carbonyl (C=O) groups excluding carboxylic acids is 2. The predicted octanol–water partition coefficient (Wildman–Crippen LogP) is 4.92. The molecule has 1 rings (SSSR count). The quantitative estimate of drug-likeness (QED) is 0.550. The monoisotopic (exact) mass is 322 g/mol. The number of benzene rings is 1. The van der Waals surface area contributed by atoms with Crippen molar-refractivity contribution < 1.29 is 18.8 Å². The van der Waals surface area contributed by atoms with Crippen molar-refractivity contribution >= 4 is 20.5 Å². The van der Waals surface area contributed by atoms with E-state index in [2.05, 4.69) is 10.2 Å². The first kappa shape index (κ1) is 18.0. The van der Waals surface area contributed by atoms with Gasteiger partial charge < -0.3 is 9.16 Å². The van der Waals surface area contributed by atoms with Crippen molar-refractivity contribution in [1.29, 1.82) is 0 Å². The minimum atomic E-state index is -2.08. The summed E-state index contributed by atoms with van der Waals surface area (Å²) in [6.45, 7) is 6.08. The Kier molecular flexibility index (Phi) is 7.45. The molecule has 0 aliphatic carbocycles. The molecule has 22 heavy (non-hydrogen) atoms. The fourth-order valence-corrected chi connectivity index (χ4v) is 4.35. The van der Waals surface area contributed by atoms with Crippen LogP contribution in [0, 0.1) is 0 Å². The molecule has 0 N–H and O–H groups in total. The van der Waals surface area contributed by atoms with Gasteiger partial charge in [0.05, 0.1) is 0 Å². The number of hydrogen-bond donors (Lipinski definition) is 0. The van der Waals surface area contributed by atoms with Crippen LogP contribution in [-0.2, 0) is 15.8 Å². The van der Waals surface area contributed by atoms with Gasteiger partial charge >= 0.3 is 12.2 Å². The van der Waals surface area contributed by atoms with Crippen LogP contribution in [0.4, 0.5) is 9.59 Å². The van der Waals surface area contributed by atoms with E-state index in [0.717, 1.165) is 23.7 Å². The highest BCUT2D eigenvalue weighted by Gasteiger charge is 2.32. The minimum Gasteiger partial charge on any atom is -0.501 e. The summed E-state index contributed by atoms with van der Waals surface area (Å²) < 4.78 is 10.3. The van der Waals surface area contributed by atoms with Crippen LogP contribution in [0.3, 0.4) is 0 Å². The van der Waals surface area contributed by atoms with E-state index < -0.39 is 20.5 Å². The van der Waals surface area contributed by atoms with Gasteiger partial charge in [-0.2, -0.15) is 0 Å². The van der Waals surface area contributed by atoms with Crippen molar-refractivity contribution in [2.75, 3.05) is 0 Å². The Bertz CT molecular complexity index is 507. The summed E-state index contributed by atoms with van der Waals surface area (Å²) in [5.74, 6) is 0. The summed E-state index contributed by atoms with van der Waals surface area (Å²) in [6, 6.07) is 11.6. The van der Waals surface area contributed by atoms with Crippen LogP contribution in [0.25, 0.3) is 0 Å². The van der Waals surface area contributed by atoms with Gasteiger partial charge in [0.15, 0.2) is 0 Å². The molecule has 0 bridgehead atoms. The average molecular weight is 322 g/mol. The second kappa shape index (κ2) is 9.09. The van der Waals surface area contributed by atoms with E-state index in [9.17, 15) is 9.59 Å². The first-order chi connectivity index (χ1) is 10.5. The summed E-state index contributed by atoms with van der Waals surface area (Å²) in [4.78, 5) is 23.1. The third-order valence-corrected chi connectivity index (χ3v) is 8.13. The van der Waals surface area contributed by atoms with E-state index >= 15 is 0 Å². The Labute approximate surface area is 131 Å². The molecule has 0 atom stereocenters. The van der Waals surface area contributed by atoms with Crippen molar-refractivity contribution in [3.8, 4) is 0 Å². The van der Waals surface area contributed by atoms with Crippen LogP contribution < -0.4 is 0 Å². The van der Waals surface area contributed by atoms with Gasteiger partial charge in [0.2, 0.25) is 0 Å². The summed E-state index contributed by atoms with van der Waals surface area (Å²) in [5, 5.41) is 6.53. The highest BCUT2D eigenvalue weighted by molar-refractivity contribution is 6.74. The molecule has 7 heteroatoms. The van der Waals surface area contributed by atoms with Crippen molar-refractivity contribution in [3.05, 3.63) is 35.9 Å². The zero-order valence-corrected chi connectivity index (χ0v) is 14.2. The van der Waals surface area contributed by atoms with E-state index in [-0.39, 0.29) is 6.61 Å². The molecule has 1 aromatic carbocycles. The molecule has 0 spiro atoms. The van der Waals surface area contributed by atoms with E-state index in [1.54, 1.807) is 0 Å². The zero-order chi connectivity index (χ0) is 16.4. The second-order valence-electron chi connectivity index (χ2n) is 4.85. The molecule has 0 fully saturated rings. The number of ether oxygens (including phenoxy) is 1. The third kappa shape index (κ3) is 5.77. The van der Waals surface area contributed by atoms with E-state index in [4.69, 9.17) is 9.16 Å². The summed E-state index contributed by atoms with van der Waals surface area (Å²) in [6.07, 6.45) is -1.72. The highest BCUT2D eigenvalue weighted by Crippen LogP contribution is 2.22. The third-order valence-electron chi connectivity index (χ3n) is 3.66. The molecular formula is C15H22N2O4Si. The SMILES string of the molecule is CC[Si](CC)(CC)OC(=O)N=NC(=O)OCc1ccccc1. The van der Waals surface area contributed by atoms with E-state index in [1.807, 2.05) is 51.1 Å². The molecule has 1 aromatic rings. The average Bonchev–Trinajstić information content (AvgIpc) is 2.57. The normalized spacial score (nSPS) is 11.4. The Morgan fingerprint density at radius 1 is 0.955 bits per heavy atom. The van der Waals surface area contributed by atoms with Crippen LogP contribution in [-0.4, -0.2) is 20.5 Å². The van der Waals surface area contributed by atoms with Crippen LogP contribution in [0.15, 0.2) is 40.6 Å². The topological polar surface area (TPSA) is 77.3 Å². The van der Waals surface area contributed by atoms with Crippen molar-refractivity contribution in [1.82, 2.24) is 0 Å². The molecule has 0 saturated carbocycles. The van der Waals surface area contributed by atoms with Crippen LogP contribution in [0.2, 0.25) is 18.1 Å². The largest absolute Gasteiger partial charge is 0.501 e. The molecule has 120 valence electrons. The lowest BCUT2D eigenvalue weighted by Crippen LogP contribution is -2.37. The van der Waals surface area contributed by atoms with E-state index in [1.165, 1.54) is 0 Å². The molecule has 0 aromatic heterocycles. The molecule has 0 aliphatic heterocycles. The fraction of sp³-hybridized carbons (Fsp3) is 0.467. The van der Waals surface area contributed by atoms with Gasteiger partial charge in [-0.05, 0) is 23.7 Å². The number of nitrogens with zero attached hydrogens (tertiary/aromatic N) is 2. The lowest BCUT2D eigenvalue weighted by molar-refractivity contribution is 0.147. The van der Waals surface area contributed by atoms with Gasteiger partial charge in [0.25, 0.3) is 8.32 Å². The van der Waals surface area contributed by atoms with Crippen LogP contribution in [0.5, 0.6) is 0 Å². The lowest BCUT2D eigenvalue weighted by atomic mass is 10.2. The van der Waals surface area contributed by atoms with Gasteiger partial charge in [-0.1, -0.05) is 61.3 Å². The van der Waals surface area contributed by atoms with Gasteiger partial charge in [-0.15, -0.1) is 0 Å². The molecule has 0 heterocycles.